The van der Waals surface area contributed by atoms with Crippen LogP contribution in [0.1, 0.15) is 51.9 Å². The van der Waals surface area contributed by atoms with Crippen LogP contribution in [-0.4, -0.2) is 12.3 Å². The van der Waals surface area contributed by atoms with Crippen LogP contribution in [0.4, 0.5) is 0 Å². The van der Waals surface area contributed by atoms with Gasteiger partial charge in [0, 0.05) is 0 Å². The second-order valence-corrected chi connectivity index (χ2v) is 11.6. The molecule has 1 spiro atoms. The predicted octanol–water partition coefficient (Wildman–Crippen LogP) is 4.01. The van der Waals surface area contributed by atoms with Gasteiger partial charge in [-0.1, -0.05) is 0 Å². The summed E-state index contributed by atoms with van der Waals surface area (Å²) in [6.07, 6.45) is 11.2. The van der Waals surface area contributed by atoms with Gasteiger partial charge in [-0.05, 0) is 0 Å². The first kappa shape index (κ1) is 8.99. The third kappa shape index (κ3) is 1.22. The fraction of sp³-hybridized carbons (Fsp3) is 1.00. The minimum absolute atomic E-state index is 0.335. The number of alkyl halides is 3. The van der Waals surface area contributed by atoms with Gasteiger partial charge in [-0.25, -0.2) is 0 Å². The first-order valence-electron chi connectivity index (χ1n) is 6.00. The molecule has 1 heteroatoms. The average Bonchev–Trinajstić information content (AvgIpc) is 2.71. The molecule has 2 heterocycles. The Bertz CT molecular complexity index is 201. The Hall–Kier alpha value is 0.730. The zero-order valence-corrected chi connectivity index (χ0v) is 10.8. The average molecular weight is 292 g/mol. The summed E-state index contributed by atoms with van der Waals surface area (Å²) in [6, 6.07) is 0. The van der Waals surface area contributed by atoms with Crippen molar-refractivity contribution < 1.29 is 0 Å². The Kier molecular flexibility index (Phi) is 2.15. The van der Waals surface area contributed by atoms with Gasteiger partial charge in [-0.2, -0.15) is 0 Å². The van der Waals surface area contributed by atoms with Crippen molar-refractivity contribution in [1.82, 2.24) is 0 Å². The van der Waals surface area contributed by atoms with Crippen LogP contribution < -0.4 is 0 Å². The number of hydrogen-bond acceptors (Lipinski definition) is 0. The summed E-state index contributed by atoms with van der Waals surface area (Å²) >= 11 is -0.335. The molecule has 0 aromatic carbocycles. The molecule has 76 valence electrons. The molecule has 3 aliphatic rings. The van der Waals surface area contributed by atoms with E-state index in [2.05, 4.69) is 6.92 Å². The topological polar surface area (TPSA) is 0 Å². The molecule has 0 amide bonds. The molecular formula is C12H21I. The van der Waals surface area contributed by atoms with E-state index >= 15 is 0 Å². The molecule has 2 saturated heterocycles. The van der Waals surface area contributed by atoms with E-state index in [4.69, 9.17) is 0 Å². The molecule has 0 N–H and O–H groups in total. The number of rotatable bonds is 1. The van der Waals surface area contributed by atoms with Crippen molar-refractivity contribution in [2.75, 3.05) is 4.43 Å². The van der Waals surface area contributed by atoms with Crippen LogP contribution in [0.5, 0.6) is 0 Å². The normalized spacial score (nSPS) is 43.6. The van der Waals surface area contributed by atoms with E-state index in [0.717, 1.165) is 5.41 Å². The van der Waals surface area contributed by atoms with E-state index in [-0.39, 0.29) is 19.8 Å². The van der Waals surface area contributed by atoms with Gasteiger partial charge in [0.1, 0.15) is 0 Å². The van der Waals surface area contributed by atoms with Gasteiger partial charge in [0.05, 0.1) is 0 Å². The van der Waals surface area contributed by atoms with Gasteiger partial charge in [0.2, 0.25) is 0 Å². The Morgan fingerprint density at radius 1 is 1.15 bits per heavy atom. The summed E-state index contributed by atoms with van der Waals surface area (Å²) in [5.74, 6) is 0. The van der Waals surface area contributed by atoms with Crippen LogP contribution in [0.3, 0.4) is 0 Å². The summed E-state index contributed by atoms with van der Waals surface area (Å²) in [7, 11) is 0. The van der Waals surface area contributed by atoms with Crippen molar-refractivity contribution in [3.8, 4) is 0 Å². The number of fused-ring (bicyclic) bond motifs is 2. The first-order chi connectivity index (χ1) is 6.37. The minimum atomic E-state index is -0.335. The first-order valence-corrected chi connectivity index (χ1v) is 10.0. The Labute approximate surface area is 89.2 Å². The van der Waals surface area contributed by atoms with Crippen molar-refractivity contribution in [2.45, 2.75) is 59.7 Å². The third-order valence-corrected chi connectivity index (χ3v) is 13.3. The van der Waals surface area contributed by atoms with Crippen LogP contribution in [0.25, 0.3) is 0 Å². The Morgan fingerprint density at radius 2 is 1.85 bits per heavy atom. The molecule has 3 rings (SSSR count). The van der Waals surface area contributed by atoms with Gasteiger partial charge < -0.3 is 0 Å². The fourth-order valence-corrected chi connectivity index (χ4v) is 14.6. The summed E-state index contributed by atoms with van der Waals surface area (Å²) in [5.41, 5.74) is 0.948. The monoisotopic (exact) mass is 292 g/mol. The maximum absolute atomic E-state index is 2.45. The molecule has 13 heavy (non-hydrogen) atoms. The summed E-state index contributed by atoms with van der Waals surface area (Å²) < 4.78 is 4.39. The molecule has 0 bridgehead atoms. The summed E-state index contributed by atoms with van der Waals surface area (Å²) in [4.78, 5) is 0. The van der Waals surface area contributed by atoms with E-state index in [9.17, 15) is 0 Å². The van der Waals surface area contributed by atoms with E-state index in [0.29, 0.717) is 0 Å². The van der Waals surface area contributed by atoms with Crippen LogP contribution in [0, 0.1) is 5.41 Å². The summed E-state index contributed by atoms with van der Waals surface area (Å²) in [6.45, 7) is 2.45. The summed E-state index contributed by atoms with van der Waals surface area (Å²) in [5, 5.41) is 0. The van der Waals surface area contributed by atoms with Crippen molar-refractivity contribution in [1.29, 1.82) is 0 Å². The molecule has 3 fully saturated rings. The zero-order chi connectivity index (χ0) is 8.89. The molecule has 0 radical (unpaired) electrons. The van der Waals surface area contributed by atoms with E-state index < -0.39 is 0 Å². The van der Waals surface area contributed by atoms with Gasteiger partial charge in [-0.3, -0.25) is 0 Å². The van der Waals surface area contributed by atoms with Crippen LogP contribution in [0.15, 0.2) is 0 Å². The van der Waals surface area contributed by atoms with Gasteiger partial charge in [-0.15, -0.1) is 0 Å². The van der Waals surface area contributed by atoms with Gasteiger partial charge >= 0.3 is 89.4 Å². The molecule has 2 atom stereocenters. The van der Waals surface area contributed by atoms with Crippen molar-refractivity contribution >= 4 is 19.8 Å². The Morgan fingerprint density at radius 3 is 2.54 bits per heavy atom. The predicted molar refractivity (Wildman–Crippen MR) is 66.9 cm³/mol. The van der Waals surface area contributed by atoms with E-state index in [1.807, 2.05) is 0 Å². The van der Waals surface area contributed by atoms with Crippen LogP contribution >= 0.6 is 19.8 Å². The van der Waals surface area contributed by atoms with Gasteiger partial charge in [0.25, 0.3) is 0 Å². The molecular weight excluding hydrogens is 271 g/mol. The SMILES string of the molecule is CCC1C2I1CCCC21CCCC1. The second-order valence-electron chi connectivity index (χ2n) is 5.12. The molecule has 2 unspecified atom stereocenters. The molecule has 0 nitrogen and oxygen atoms in total. The van der Waals surface area contributed by atoms with E-state index in [1.54, 1.807) is 43.0 Å². The van der Waals surface area contributed by atoms with Crippen molar-refractivity contribution in [3.05, 3.63) is 0 Å². The maximum atomic E-state index is 2.45. The third-order valence-electron chi connectivity index (χ3n) is 4.51. The molecule has 2 aliphatic heterocycles. The molecule has 1 saturated carbocycles. The molecule has 0 aromatic heterocycles. The van der Waals surface area contributed by atoms with Crippen molar-refractivity contribution in [2.24, 2.45) is 5.41 Å². The zero-order valence-electron chi connectivity index (χ0n) is 8.69. The van der Waals surface area contributed by atoms with Gasteiger partial charge in [0.15, 0.2) is 0 Å². The Balaban J connectivity index is 1.81. The van der Waals surface area contributed by atoms with Crippen LogP contribution in [0.2, 0.25) is 0 Å². The van der Waals surface area contributed by atoms with Crippen LogP contribution in [-0.2, 0) is 0 Å². The fourth-order valence-electron chi connectivity index (χ4n) is 3.93. The number of halogens is 1. The van der Waals surface area contributed by atoms with Crippen molar-refractivity contribution in [3.63, 3.8) is 0 Å². The molecule has 0 aromatic rings. The standard InChI is InChI=1S/C12H21I/c1-2-10-11-12(6-3-4-7-12)8-5-9-13(10)11/h10-11H,2-9H2,1H3. The second kappa shape index (κ2) is 3.11. The van der Waals surface area contributed by atoms with E-state index in [1.165, 1.54) is 14.3 Å². The molecule has 1 aliphatic carbocycles. The number of hydrogen-bond donors (Lipinski definition) is 0. The quantitative estimate of drug-likeness (QED) is 0.506.